The highest BCUT2D eigenvalue weighted by Crippen LogP contribution is 2.41. The van der Waals surface area contributed by atoms with Crippen LogP contribution in [0.3, 0.4) is 0 Å². The second kappa shape index (κ2) is 11.7. The number of benzene rings is 2. The predicted molar refractivity (Wildman–Crippen MR) is 108 cm³/mol. The Morgan fingerprint density at radius 3 is 2.18 bits per heavy atom. The van der Waals surface area contributed by atoms with Gasteiger partial charge in [-0.25, -0.2) is 0 Å². The minimum atomic E-state index is -0.0226. The van der Waals surface area contributed by atoms with Crippen LogP contribution in [0.2, 0.25) is 0 Å². The maximum Gasteiger partial charge on any atom is 0.188 e. The second-order valence-electron chi connectivity index (χ2n) is 6.26. The summed E-state index contributed by atoms with van der Waals surface area (Å²) >= 11 is 0. The fourth-order valence-corrected chi connectivity index (χ4v) is 3.22. The van der Waals surface area contributed by atoms with Crippen LogP contribution in [0, 0.1) is 0 Å². The van der Waals surface area contributed by atoms with Gasteiger partial charge in [0.15, 0.2) is 13.6 Å². The zero-order valence-corrected chi connectivity index (χ0v) is 17.1. The highest BCUT2D eigenvalue weighted by molar-refractivity contribution is 5.78. The molecule has 0 amide bonds. The summed E-state index contributed by atoms with van der Waals surface area (Å²) in [4.78, 5) is 0. The molecule has 0 aliphatic carbocycles. The summed E-state index contributed by atoms with van der Waals surface area (Å²) in [5.74, 6) is 1.38. The lowest BCUT2D eigenvalue weighted by Gasteiger charge is -2.22. The van der Waals surface area contributed by atoms with E-state index in [2.05, 4.69) is 6.92 Å². The number of ether oxygens (including phenoxy) is 5. The maximum absolute atomic E-state index is 9.57. The molecule has 6 nitrogen and oxygen atoms in total. The monoisotopic (exact) mass is 390 g/mol. The molecule has 0 unspecified atom stereocenters. The van der Waals surface area contributed by atoms with Gasteiger partial charge in [0.25, 0.3) is 0 Å². The Balaban J connectivity index is 2.71. The van der Waals surface area contributed by atoms with E-state index >= 15 is 0 Å². The van der Waals surface area contributed by atoms with Crippen molar-refractivity contribution in [1.29, 1.82) is 0 Å². The molecule has 0 aliphatic rings. The summed E-state index contributed by atoms with van der Waals surface area (Å²) < 4.78 is 27.3. The number of aliphatic hydroxyl groups is 1. The summed E-state index contributed by atoms with van der Waals surface area (Å²) in [6.07, 6.45) is 1.49. The van der Waals surface area contributed by atoms with Gasteiger partial charge in [0.05, 0.1) is 13.2 Å². The van der Waals surface area contributed by atoms with Crippen LogP contribution < -0.4 is 9.47 Å². The van der Waals surface area contributed by atoms with Crippen molar-refractivity contribution in [2.75, 3.05) is 41.5 Å². The van der Waals surface area contributed by atoms with E-state index in [0.29, 0.717) is 18.8 Å². The molecule has 1 N–H and O–H groups in total. The van der Waals surface area contributed by atoms with Gasteiger partial charge in [-0.05, 0) is 41.2 Å². The topological polar surface area (TPSA) is 66.4 Å². The highest BCUT2D eigenvalue weighted by Gasteiger charge is 2.21. The van der Waals surface area contributed by atoms with Crippen LogP contribution in [0.15, 0.2) is 30.3 Å². The van der Waals surface area contributed by atoms with Crippen LogP contribution >= 0.6 is 0 Å². The summed E-state index contributed by atoms with van der Waals surface area (Å²) in [5, 5.41) is 9.57. The Kier molecular flexibility index (Phi) is 9.23. The number of methoxy groups -OCH3 is 3. The van der Waals surface area contributed by atoms with Gasteiger partial charge in [-0.15, -0.1) is 0 Å². The quantitative estimate of drug-likeness (QED) is 0.559. The smallest absolute Gasteiger partial charge is 0.188 e. The highest BCUT2D eigenvalue weighted by atomic mass is 16.7. The molecule has 6 heteroatoms. The predicted octanol–water partition coefficient (Wildman–Crippen LogP) is 3.56. The summed E-state index contributed by atoms with van der Waals surface area (Å²) in [7, 11) is 4.86. The molecule has 154 valence electrons. The lowest BCUT2D eigenvalue weighted by atomic mass is 9.90. The summed E-state index contributed by atoms with van der Waals surface area (Å²) in [6.45, 7) is 2.91. The van der Waals surface area contributed by atoms with E-state index in [9.17, 15) is 5.11 Å². The van der Waals surface area contributed by atoms with Crippen molar-refractivity contribution in [3.05, 3.63) is 47.0 Å². The van der Waals surface area contributed by atoms with Gasteiger partial charge in [0, 0.05) is 33.0 Å². The molecule has 2 aromatic carbocycles. The number of hydrogen-bond donors (Lipinski definition) is 1. The fourth-order valence-electron chi connectivity index (χ4n) is 3.22. The van der Waals surface area contributed by atoms with Gasteiger partial charge in [-0.2, -0.15) is 0 Å². The van der Waals surface area contributed by atoms with E-state index in [1.54, 1.807) is 21.3 Å². The molecule has 0 atom stereocenters. The second-order valence-corrected chi connectivity index (χ2v) is 6.26. The molecule has 0 saturated carbocycles. The van der Waals surface area contributed by atoms with E-state index < -0.39 is 0 Å². The van der Waals surface area contributed by atoms with Crippen LogP contribution in [0.1, 0.15) is 23.6 Å². The Bertz CT molecular complexity index is 744. The Labute approximate surface area is 166 Å². The van der Waals surface area contributed by atoms with Crippen LogP contribution in [0.5, 0.6) is 11.5 Å². The molecule has 0 spiro atoms. The van der Waals surface area contributed by atoms with Crippen molar-refractivity contribution < 1.29 is 28.8 Å². The van der Waals surface area contributed by atoms with Gasteiger partial charge in [0.1, 0.15) is 11.5 Å². The molecule has 28 heavy (non-hydrogen) atoms. The minimum Gasteiger partial charge on any atom is -0.467 e. The largest absolute Gasteiger partial charge is 0.467 e. The standard InChI is InChI=1S/C22H30O6/c1-5-18-19(9-10-24-2)22(17-8-6-7-16(11-17)13-23)21(28-15-26-4)12-20(18)27-14-25-3/h6-8,11-12,23H,5,9-10,13-15H2,1-4H3. The SMILES string of the molecule is CCc1c(OCOC)cc(OCOC)c(-c2cccc(CO)c2)c1CCOC. The molecule has 2 aromatic rings. The zero-order chi connectivity index (χ0) is 20.4. The normalized spacial score (nSPS) is 10.9. The third-order valence-corrected chi connectivity index (χ3v) is 4.44. The van der Waals surface area contributed by atoms with Crippen LogP contribution in [0.4, 0.5) is 0 Å². The number of rotatable bonds is 12. The van der Waals surface area contributed by atoms with Crippen LogP contribution in [0.25, 0.3) is 11.1 Å². The third kappa shape index (κ3) is 5.45. The third-order valence-electron chi connectivity index (χ3n) is 4.44. The Hall–Kier alpha value is -2.12. The van der Waals surface area contributed by atoms with E-state index in [4.69, 9.17) is 23.7 Å². The first-order valence-corrected chi connectivity index (χ1v) is 9.31. The molecule has 0 heterocycles. The fraction of sp³-hybridized carbons (Fsp3) is 0.455. The van der Waals surface area contributed by atoms with Gasteiger partial charge in [-0.1, -0.05) is 25.1 Å². The van der Waals surface area contributed by atoms with Crippen LogP contribution in [-0.4, -0.2) is 46.6 Å². The average Bonchev–Trinajstić information content (AvgIpc) is 2.74. The van der Waals surface area contributed by atoms with Crippen LogP contribution in [-0.2, 0) is 33.7 Å². The van der Waals surface area contributed by atoms with Gasteiger partial charge >= 0.3 is 0 Å². The molecule has 0 radical (unpaired) electrons. The lowest BCUT2D eigenvalue weighted by molar-refractivity contribution is 0.0457. The average molecular weight is 390 g/mol. The first kappa shape index (κ1) is 22.2. The minimum absolute atomic E-state index is 0.0226. The molecular weight excluding hydrogens is 360 g/mol. The first-order valence-electron chi connectivity index (χ1n) is 9.31. The lowest BCUT2D eigenvalue weighted by Crippen LogP contribution is -2.10. The number of aliphatic hydroxyl groups excluding tert-OH is 1. The van der Waals surface area contributed by atoms with Crippen molar-refractivity contribution >= 4 is 0 Å². The molecular formula is C22H30O6. The Morgan fingerprint density at radius 1 is 0.857 bits per heavy atom. The van der Waals surface area contributed by atoms with Gasteiger partial charge in [0.2, 0.25) is 0 Å². The zero-order valence-electron chi connectivity index (χ0n) is 17.1. The molecule has 0 saturated heterocycles. The van der Waals surface area contributed by atoms with Gasteiger partial charge < -0.3 is 28.8 Å². The van der Waals surface area contributed by atoms with Crippen molar-refractivity contribution in [2.24, 2.45) is 0 Å². The maximum atomic E-state index is 9.57. The van der Waals surface area contributed by atoms with Crippen molar-refractivity contribution in [1.82, 2.24) is 0 Å². The van der Waals surface area contributed by atoms with Crippen molar-refractivity contribution in [3.63, 3.8) is 0 Å². The molecule has 0 aliphatic heterocycles. The van der Waals surface area contributed by atoms with E-state index in [1.807, 2.05) is 30.3 Å². The van der Waals surface area contributed by atoms with E-state index in [-0.39, 0.29) is 20.2 Å². The number of hydrogen-bond acceptors (Lipinski definition) is 6. The molecule has 0 bridgehead atoms. The van der Waals surface area contributed by atoms with E-state index in [1.165, 1.54) is 0 Å². The summed E-state index contributed by atoms with van der Waals surface area (Å²) in [6, 6.07) is 9.70. The molecule has 2 rings (SSSR count). The van der Waals surface area contributed by atoms with Crippen molar-refractivity contribution in [2.45, 2.75) is 26.4 Å². The van der Waals surface area contributed by atoms with Crippen molar-refractivity contribution in [3.8, 4) is 22.6 Å². The molecule has 0 aromatic heterocycles. The Morgan fingerprint density at radius 2 is 1.57 bits per heavy atom. The molecule has 0 fully saturated rings. The first-order chi connectivity index (χ1) is 13.7. The van der Waals surface area contributed by atoms with Gasteiger partial charge in [-0.3, -0.25) is 0 Å². The van der Waals surface area contributed by atoms with E-state index in [0.717, 1.165) is 40.0 Å². The summed E-state index contributed by atoms with van der Waals surface area (Å²) in [5.41, 5.74) is 4.95.